The summed E-state index contributed by atoms with van der Waals surface area (Å²) in [4.78, 5) is 0. The van der Waals surface area contributed by atoms with Gasteiger partial charge in [-0.3, -0.25) is 0 Å². The van der Waals surface area contributed by atoms with E-state index in [4.69, 9.17) is 21.1 Å². The number of ether oxygens (including phenoxy) is 2. The van der Waals surface area contributed by atoms with Crippen molar-refractivity contribution in [2.75, 3.05) is 21.3 Å². The van der Waals surface area contributed by atoms with Crippen molar-refractivity contribution in [2.45, 2.75) is 32.7 Å². The molecule has 0 aliphatic heterocycles. The summed E-state index contributed by atoms with van der Waals surface area (Å²) in [6.07, 6.45) is 2.33. The molecule has 0 spiro atoms. The molecule has 0 fully saturated rings. The number of hydrogen-bond donors (Lipinski definition) is 1. The average Bonchev–Trinajstić information content (AvgIpc) is 2.39. The van der Waals surface area contributed by atoms with Crippen LogP contribution in [0.2, 0.25) is 5.02 Å². The SMILES string of the molecule is CCCC(C)C(NC)c1cc(Cl)c(OC)c(OC)c1. The van der Waals surface area contributed by atoms with E-state index >= 15 is 0 Å². The van der Waals surface area contributed by atoms with Crippen molar-refractivity contribution in [1.29, 1.82) is 0 Å². The van der Waals surface area contributed by atoms with Gasteiger partial charge in [0.05, 0.1) is 19.2 Å². The maximum atomic E-state index is 6.26. The average molecular weight is 286 g/mol. The molecule has 0 saturated carbocycles. The summed E-state index contributed by atoms with van der Waals surface area (Å²) in [7, 11) is 5.20. The van der Waals surface area contributed by atoms with Crippen molar-refractivity contribution in [2.24, 2.45) is 5.92 Å². The lowest BCUT2D eigenvalue weighted by Gasteiger charge is -2.25. The van der Waals surface area contributed by atoms with Gasteiger partial charge in [0.1, 0.15) is 0 Å². The normalized spacial score (nSPS) is 14.0. The van der Waals surface area contributed by atoms with Crippen LogP contribution in [0.4, 0.5) is 0 Å². The predicted octanol–water partition coefficient (Wildman–Crippen LogP) is 4.05. The summed E-state index contributed by atoms with van der Waals surface area (Å²) in [5.74, 6) is 1.80. The van der Waals surface area contributed by atoms with Crippen LogP contribution in [0, 0.1) is 5.92 Å². The van der Waals surface area contributed by atoms with Crippen LogP contribution in [-0.2, 0) is 0 Å². The molecule has 108 valence electrons. The van der Waals surface area contributed by atoms with Crippen LogP contribution in [0.3, 0.4) is 0 Å². The summed E-state index contributed by atoms with van der Waals surface area (Å²) in [6, 6.07) is 4.21. The molecule has 2 unspecified atom stereocenters. The number of rotatable bonds is 7. The van der Waals surface area contributed by atoms with Crippen LogP contribution in [0.1, 0.15) is 38.3 Å². The Balaban J connectivity index is 3.14. The van der Waals surface area contributed by atoms with Gasteiger partial charge in [0.2, 0.25) is 0 Å². The van der Waals surface area contributed by atoms with Gasteiger partial charge in [-0.05, 0) is 37.1 Å². The quantitative estimate of drug-likeness (QED) is 0.820. The number of halogens is 1. The lowest BCUT2D eigenvalue weighted by molar-refractivity contribution is 0.350. The molecule has 0 aliphatic carbocycles. The number of methoxy groups -OCH3 is 2. The van der Waals surface area contributed by atoms with Crippen molar-refractivity contribution < 1.29 is 9.47 Å². The van der Waals surface area contributed by atoms with Crippen molar-refractivity contribution in [3.63, 3.8) is 0 Å². The third-order valence-corrected chi connectivity index (χ3v) is 3.72. The van der Waals surface area contributed by atoms with E-state index in [0.29, 0.717) is 22.4 Å². The molecule has 0 radical (unpaired) electrons. The minimum atomic E-state index is 0.261. The fourth-order valence-corrected chi connectivity index (χ4v) is 2.82. The summed E-state index contributed by atoms with van der Waals surface area (Å²) in [5, 5.41) is 3.95. The Morgan fingerprint density at radius 2 is 1.95 bits per heavy atom. The van der Waals surface area contributed by atoms with Crippen LogP contribution in [0.15, 0.2) is 12.1 Å². The second kappa shape index (κ2) is 7.61. The first kappa shape index (κ1) is 16.1. The summed E-state index contributed by atoms with van der Waals surface area (Å²) in [6.45, 7) is 4.44. The molecule has 0 heterocycles. The lowest BCUT2D eigenvalue weighted by atomic mass is 9.91. The Hall–Kier alpha value is -0.930. The van der Waals surface area contributed by atoms with Crippen molar-refractivity contribution in [1.82, 2.24) is 5.32 Å². The van der Waals surface area contributed by atoms with Crippen molar-refractivity contribution in [3.05, 3.63) is 22.7 Å². The van der Waals surface area contributed by atoms with Gasteiger partial charge < -0.3 is 14.8 Å². The van der Waals surface area contributed by atoms with Gasteiger partial charge >= 0.3 is 0 Å². The molecular weight excluding hydrogens is 262 g/mol. The van der Waals surface area contributed by atoms with E-state index in [1.165, 1.54) is 6.42 Å². The second-order valence-electron chi connectivity index (χ2n) is 4.77. The maximum absolute atomic E-state index is 6.26. The van der Waals surface area contributed by atoms with Crippen LogP contribution in [0.5, 0.6) is 11.5 Å². The Bertz CT molecular complexity index is 409. The van der Waals surface area contributed by atoms with Gasteiger partial charge in [0.25, 0.3) is 0 Å². The highest BCUT2D eigenvalue weighted by molar-refractivity contribution is 6.32. The molecule has 1 N–H and O–H groups in total. The van der Waals surface area contributed by atoms with E-state index in [1.54, 1.807) is 14.2 Å². The highest BCUT2D eigenvalue weighted by Gasteiger charge is 2.20. The zero-order valence-corrected chi connectivity index (χ0v) is 13.2. The van der Waals surface area contributed by atoms with Crippen LogP contribution in [0.25, 0.3) is 0 Å². The molecule has 3 nitrogen and oxygen atoms in total. The zero-order chi connectivity index (χ0) is 14.4. The van der Waals surface area contributed by atoms with E-state index in [9.17, 15) is 0 Å². The van der Waals surface area contributed by atoms with Crippen LogP contribution >= 0.6 is 11.6 Å². The number of nitrogens with one attached hydrogen (secondary N) is 1. The molecule has 0 saturated heterocycles. The first-order valence-electron chi connectivity index (χ1n) is 6.67. The first-order valence-corrected chi connectivity index (χ1v) is 7.05. The van der Waals surface area contributed by atoms with Gasteiger partial charge in [-0.2, -0.15) is 0 Å². The Kier molecular flexibility index (Phi) is 6.46. The van der Waals surface area contributed by atoms with Gasteiger partial charge in [0, 0.05) is 6.04 Å². The molecular formula is C15H24ClNO2. The maximum Gasteiger partial charge on any atom is 0.179 e. The molecule has 1 aromatic carbocycles. The predicted molar refractivity (Wildman–Crippen MR) is 80.4 cm³/mol. The highest BCUT2D eigenvalue weighted by Crippen LogP contribution is 2.39. The summed E-state index contributed by atoms with van der Waals surface area (Å²) < 4.78 is 10.6. The zero-order valence-electron chi connectivity index (χ0n) is 12.4. The monoisotopic (exact) mass is 285 g/mol. The minimum Gasteiger partial charge on any atom is -0.493 e. The topological polar surface area (TPSA) is 30.5 Å². The summed E-state index contributed by atoms with van der Waals surface area (Å²) in [5.41, 5.74) is 1.13. The van der Waals surface area contributed by atoms with Crippen LogP contribution < -0.4 is 14.8 Å². The van der Waals surface area contributed by atoms with E-state index in [-0.39, 0.29) is 6.04 Å². The minimum absolute atomic E-state index is 0.261. The molecule has 1 rings (SSSR count). The van der Waals surface area contributed by atoms with E-state index in [2.05, 4.69) is 19.2 Å². The Labute approximate surface area is 121 Å². The lowest BCUT2D eigenvalue weighted by Crippen LogP contribution is -2.23. The fourth-order valence-electron chi connectivity index (χ4n) is 2.52. The third-order valence-electron chi connectivity index (χ3n) is 3.44. The molecule has 4 heteroatoms. The molecule has 0 amide bonds. The molecule has 19 heavy (non-hydrogen) atoms. The third kappa shape index (κ3) is 3.77. The number of hydrogen-bond acceptors (Lipinski definition) is 3. The van der Waals surface area contributed by atoms with Crippen LogP contribution in [-0.4, -0.2) is 21.3 Å². The molecule has 0 aromatic heterocycles. The summed E-state index contributed by atoms with van der Waals surface area (Å²) >= 11 is 6.26. The van der Waals surface area contributed by atoms with Gasteiger partial charge in [0.15, 0.2) is 11.5 Å². The Morgan fingerprint density at radius 3 is 2.42 bits per heavy atom. The van der Waals surface area contributed by atoms with E-state index in [0.717, 1.165) is 12.0 Å². The Morgan fingerprint density at radius 1 is 1.26 bits per heavy atom. The van der Waals surface area contributed by atoms with Gasteiger partial charge in [-0.25, -0.2) is 0 Å². The standard InChI is InChI=1S/C15H24ClNO2/c1-6-7-10(2)14(17-3)11-8-12(16)15(19-5)13(9-11)18-4/h8-10,14,17H,6-7H2,1-5H3. The second-order valence-corrected chi connectivity index (χ2v) is 5.18. The van der Waals surface area contributed by atoms with E-state index in [1.807, 2.05) is 19.2 Å². The van der Waals surface area contributed by atoms with Crippen molar-refractivity contribution >= 4 is 11.6 Å². The fraction of sp³-hybridized carbons (Fsp3) is 0.600. The largest absolute Gasteiger partial charge is 0.493 e. The first-order chi connectivity index (χ1) is 9.08. The molecule has 1 aromatic rings. The molecule has 2 atom stereocenters. The molecule has 0 aliphatic rings. The van der Waals surface area contributed by atoms with Gasteiger partial charge in [-0.1, -0.05) is 31.9 Å². The van der Waals surface area contributed by atoms with E-state index < -0.39 is 0 Å². The number of benzene rings is 1. The molecule has 0 bridgehead atoms. The van der Waals surface area contributed by atoms with Gasteiger partial charge in [-0.15, -0.1) is 0 Å². The highest BCUT2D eigenvalue weighted by atomic mass is 35.5. The van der Waals surface area contributed by atoms with Crippen molar-refractivity contribution in [3.8, 4) is 11.5 Å². The smallest absolute Gasteiger partial charge is 0.179 e.